The topological polar surface area (TPSA) is 133 Å². The van der Waals surface area contributed by atoms with Crippen LogP contribution in [0.1, 0.15) is 53.5 Å². The molecule has 0 saturated heterocycles. The molecule has 0 saturated carbocycles. The molecule has 196 valence electrons. The van der Waals surface area contributed by atoms with Crippen molar-refractivity contribution in [2.75, 3.05) is 11.5 Å². The maximum atomic E-state index is 13.1. The van der Waals surface area contributed by atoms with Crippen LogP contribution in [0.3, 0.4) is 0 Å². The second-order valence-electron chi connectivity index (χ2n) is 10.8. The minimum Gasteiger partial charge on any atom is -0.480 e. The van der Waals surface area contributed by atoms with E-state index in [4.69, 9.17) is 0 Å². The van der Waals surface area contributed by atoms with Crippen LogP contribution >= 0.6 is 21.6 Å². The Morgan fingerprint density at radius 2 is 1.31 bits per heavy atom. The van der Waals surface area contributed by atoms with Gasteiger partial charge < -0.3 is 20.8 Å². The highest BCUT2D eigenvalue weighted by Crippen LogP contribution is 2.30. The van der Waals surface area contributed by atoms with E-state index in [2.05, 4.69) is 10.6 Å². The number of benzene rings is 1. The van der Waals surface area contributed by atoms with Gasteiger partial charge in [0.05, 0.1) is 0 Å². The van der Waals surface area contributed by atoms with Gasteiger partial charge in [0, 0.05) is 23.8 Å². The Balaban J connectivity index is 2.69. The average molecular weight is 527 g/mol. The van der Waals surface area contributed by atoms with Crippen LogP contribution in [-0.4, -0.2) is 57.6 Å². The summed E-state index contributed by atoms with van der Waals surface area (Å²) in [5, 5.41) is 24.2. The molecule has 8 nitrogen and oxygen atoms in total. The number of carboxylic acid groups (broad SMARTS) is 2. The van der Waals surface area contributed by atoms with Crippen molar-refractivity contribution >= 4 is 45.3 Å². The van der Waals surface area contributed by atoms with Crippen LogP contribution in [0.2, 0.25) is 0 Å². The molecule has 4 N–H and O–H groups in total. The predicted molar refractivity (Wildman–Crippen MR) is 141 cm³/mol. The summed E-state index contributed by atoms with van der Waals surface area (Å²) in [6, 6.07) is 7.36. The first kappa shape index (κ1) is 30.8. The third-order valence-electron chi connectivity index (χ3n) is 5.14. The van der Waals surface area contributed by atoms with Crippen molar-refractivity contribution in [3.05, 3.63) is 35.9 Å². The van der Waals surface area contributed by atoms with E-state index in [1.54, 1.807) is 0 Å². The van der Waals surface area contributed by atoms with Crippen LogP contribution in [0.4, 0.5) is 0 Å². The van der Waals surface area contributed by atoms with Gasteiger partial charge in [-0.25, -0.2) is 9.59 Å². The lowest BCUT2D eigenvalue weighted by molar-refractivity contribution is -0.142. The van der Waals surface area contributed by atoms with Gasteiger partial charge in [0.2, 0.25) is 11.8 Å². The molecule has 0 aliphatic rings. The van der Waals surface area contributed by atoms with Gasteiger partial charge in [0.1, 0.15) is 12.1 Å². The Hall–Kier alpha value is -2.20. The van der Waals surface area contributed by atoms with Crippen LogP contribution < -0.4 is 10.6 Å². The summed E-state index contributed by atoms with van der Waals surface area (Å²) in [5.41, 5.74) is 0.339. The summed E-state index contributed by atoms with van der Waals surface area (Å²) < 4.78 is 0. The van der Waals surface area contributed by atoms with Gasteiger partial charge in [-0.2, -0.15) is 0 Å². The maximum Gasteiger partial charge on any atom is 0.327 e. The summed E-state index contributed by atoms with van der Waals surface area (Å²) >= 11 is 0. The van der Waals surface area contributed by atoms with E-state index in [9.17, 15) is 29.4 Å². The van der Waals surface area contributed by atoms with Gasteiger partial charge in [-0.1, -0.05) is 93.5 Å². The highest BCUT2D eigenvalue weighted by atomic mass is 33.1. The summed E-state index contributed by atoms with van der Waals surface area (Å²) in [7, 11) is 2.29. The zero-order chi connectivity index (χ0) is 26.8. The number of rotatable bonds is 13. The van der Waals surface area contributed by atoms with Crippen molar-refractivity contribution in [1.82, 2.24) is 10.6 Å². The van der Waals surface area contributed by atoms with Crippen molar-refractivity contribution in [2.45, 2.75) is 66.5 Å². The van der Waals surface area contributed by atoms with E-state index in [0.29, 0.717) is 6.42 Å². The number of hydrogen-bond acceptors (Lipinski definition) is 6. The lowest BCUT2D eigenvalue weighted by atomic mass is 9.76. The molecular weight excluding hydrogens is 488 g/mol. The Morgan fingerprint density at radius 1 is 0.829 bits per heavy atom. The second-order valence-corrected chi connectivity index (χ2v) is 13.3. The third-order valence-corrected chi connectivity index (χ3v) is 7.56. The van der Waals surface area contributed by atoms with Crippen molar-refractivity contribution in [2.24, 2.45) is 16.7 Å². The molecule has 0 fully saturated rings. The Morgan fingerprint density at radius 3 is 1.74 bits per heavy atom. The number of amides is 2. The van der Waals surface area contributed by atoms with Crippen LogP contribution in [-0.2, 0) is 25.6 Å². The highest BCUT2D eigenvalue weighted by Gasteiger charge is 2.34. The molecule has 0 heterocycles. The van der Waals surface area contributed by atoms with Crippen molar-refractivity contribution in [3.63, 3.8) is 0 Å². The molecule has 35 heavy (non-hydrogen) atoms. The van der Waals surface area contributed by atoms with E-state index in [1.807, 2.05) is 71.9 Å². The molecule has 1 aromatic carbocycles. The molecule has 0 aliphatic carbocycles. The average Bonchev–Trinajstić information content (AvgIpc) is 2.71. The molecule has 1 rings (SSSR count). The lowest BCUT2D eigenvalue weighted by Gasteiger charge is -2.31. The quantitative estimate of drug-likeness (QED) is 0.225. The minimum absolute atomic E-state index is 0.0518. The zero-order valence-electron chi connectivity index (χ0n) is 21.3. The van der Waals surface area contributed by atoms with Gasteiger partial charge in [0.25, 0.3) is 0 Å². The zero-order valence-corrected chi connectivity index (χ0v) is 22.9. The van der Waals surface area contributed by atoms with E-state index in [0.717, 1.165) is 27.2 Å². The molecule has 2 amide bonds. The van der Waals surface area contributed by atoms with E-state index < -0.39 is 29.9 Å². The highest BCUT2D eigenvalue weighted by molar-refractivity contribution is 8.76. The Labute approximate surface area is 215 Å². The third kappa shape index (κ3) is 12.4. The van der Waals surface area contributed by atoms with Crippen molar-refractivity contribution in [3.8, 4) is 0 Å². The molecule has 0 aromatic heterocycles. The standard InChI is InChI=1S/C25H38N2O6S2/c1-24(2,3)13-20(28)26-18(22(30)31)14-34-35-15-19(23(32)33)27-21(29)17(25(4,5)6)12-16-10-8-7-9-11-16/h7-11,17-19H,12-15H2,1-6H3,(H,26,28)(H,27,29)(H,30,31)(H,32,33)/t17-,18-,19-/m0/s1. The van der Waals surface area contributed by atoms with Crippen LogP contribution in [0.25, 0.3) is 0 Å². The van der Waals surface area contributed by atoms with Gasteiger partial charge in [-0.05, 0) is 22.8 Å². The molecule has 3 atom stereocenters. The Kier molecular flexibility index (Phi) is 12.1. The molecule has 0 aliphatic heterocycles. The minimum atomic E-state index is -1.16. The maximum absolute atomic E-state index is 13.1. The molecule has 0 radical (unpaired) electrons. The number of nitrogens with one attached hydrogen (secondary N) is 2. The largest absolute Gasteiger partial charge is 0.480 e. The first-order valence-corrected chi connectivity index (χ1v) is 13.9. The summed E-state index contributed by atoms with van der Waals surface area (Å²) in [6.07, 6.45) is 0.679. The van der Waals surface area contributed by atoms with E-state index in [1.165, 1.54) is 0 Å². The molecule has 0 bridgehead atoms. The molecule has 10 heteroatoms. The summed E-state index contributed by atoms with van der Waals surface area (Å²) in [5.74, 6) is -3.32. The predicted octanol–water partition coefficient (Wildman–Crippen LogP) is 3.85. The van der Waals surface area contributed by atoms with Gasteiger partial charge in [0.15, 0.2) is 0 Å². The second kappa shape index (κ2) is 13.8. The smallest absolute Gasteiger partial charge is 0.327 e. The first-order chi connectivity index (χ1) is 16.1. The Bertz CT molecular complexity index is 865. The number of carboxylic acids is 2. The van der Waals surface area contributed by atoms with E-state index >= 15 is 0 Å². The molecule has 1 aromatic rings. The summed E-state index contributed by atoms with van der Waals surface area (Å²) in [6.45, 7) is 11.5. The summed E-state index contributed by atoms with van der Waals surface area (Å²) in [4.78, 5) is 48.4. The SMILES string of the molecule is CC(C)(C)CC(=O)N[C@@H](CSSC[C@H](NC(=O)[C@H](Cc1ccccc1)C(C)(C)C)C(=O)O)C(=O)O. The molecule has 0 unspecified atom stereocenters. The number of aliphatic carboxylic acids is 2. The fraction of sp³-hybridized carbons (Fsp3) is 0.600. The number of hydrogen-bond donors (Lipinski definition) is 4. The van der Waals surface area contributed by atoms with Gasteiger partial charge in [-0.3, -0.25) is 9.59 Å². The fourth-order valence-corrected chi connectivity index (χ4v) is 5.53. The lowest BCUT2D eigenvalue weighted by Crippen LogP contribution is -2.48. The van der Waals surface area contributed by atoms with Crippen LogP contribution in [0.15, 0.2) is 30.3 Å². The molecule has 0 spiro atoms. The monoisotopic (exact) mass is 526 g/mol. The van der Waals surface area contributed by atoms with Gasteiger partial charge in [-0.15, -0.1) is 0 Å². The number of carbonyl (C=O) groups is 4. The fourth-order valence-electron chi connectivity index (χ4n) is 3.22. The van der Waals surface area contributed by atoms with E-state index in [-0.39, 0.29) is 40.6 Å². The van der Waals surface area contributed by atoms with Crippen molar-refractivity contribution < 1.29 is 29.4 Å². The first-order valence-electron chi connectivity index (χ1n) is 11.4. The van der Waals surface area contributed by atoms with Gasteiger partial charge >= 0.3 is 11.9 Å². The molecular formula is C25H38N2O6S2. The number of carbonyl (C=O) groups excluding carboxylic acids is 2. The van der Waals surface area contributed by atoms with Crippen LogP contribution in [0.5, 0.6) is 0 Å². The van der Waals surface area contributed by atoms with Crippen LogP contribution in [0, 0.1) is 16.7 Å². The normalized spacial score (nSPS) is 14.5. The van der Waals surface area contributed by atoms with Crippen molar-refractivity contribution in [1.29, 1.82) is 0 Å².